The van der Waals surface area contributed by atoms with Crippen LogP contribution in [0.1, 0.15) is 47.8 Å². The molecule has 0 saturated heterocycles. The van der Waals surface area contributed by atoms with E-state index in [1.165, 1.54) is 6.08 Å². The van der Waals surface area contributed by atoms with E-state index in [-0.39, 0.29) is 30.0 Å². The first-order valence-electron chi connectivity index (χ1n) is 10.3. The van der Waals surface area contributed by atoms with Crippen LogP contribution in [0.15, 0.2) is 40.9 Å². The third kappa shape index (κ3) is 4.74. The Bertz CT molecular complexity index is 1230. The number of aryl methyl sites for hydroxylation is 1. The summed E-state index contributed by atoms with van der Waals surface area (Å²) in [5.41, 5.74) is -0.296. The number of thioether (sulfide) groups is 1. The van der Waals surface area contributed by atoms with Crippen molar-refractivity contribution >= 4 is 32.7 Å². The number of benzene rings is 1. The van der Waals surface area contributed by atoms with Gasteiger partial charge in [-0.25, -0.2) is 8.42 Å². The van der Waals surface area contributed by atoms with Gasteiger partial charge in [-0.3, -0.25) is 4.79 Å². The number of carboxylic acid groups (broad SMARTS) is 1. The molecule has 3 N–H and O–H groups in total. The van der Waals surface area contributed by atoms with Crippen LogP contribution in [0.5, 0.6) is 0 Å². The van der Waals surface area contributed by atoms with Gasteiger partial charge in [-0.1, -0.05) is 35.5 Å². The monoisotopic (exact) mass is 518 g/mol. The Morgan fingerprint density at radius 1 is 1.32 bits per heavy atom. The molecule has 3 atom stereocenters. The molecule has 0 amide bonds. The van der Waals surface area contributed by atoms with Gasteiger partial charge in [-0.15, -0.1) is 11.8 Å². The number of sulfonamides is 1. The van der Waals surface area contributed by atoms with Crippen LogP contribution in [0.4, 0.5) is 13.2 Å². The fourth-order valence-electron chi connectivity index (χ4n) is 4.04. The maximum Gasteiger partial charge on any atom is 0.452 e. The highest BCUT2D eigenvalue weighted by molar-refractivity contribution is 8.18. The van der Waals surface area contributed by atoms with Gasteiger partial charge in [-0.2, -0.15) is 17.9 Å². The average Bonchev–Trinajstić information content (AvgIpc) is 3.14. The van der Waals surface area contributed by atoms with Crippen LogP contribution in [0.25, 0.3) is 4.91 Å². The van der Waals surface area contributed by atoms with E-state index in [2.05, 4.69) is 14.4 Å². The Balaban J connectivity index is 1.50. The summed E-state index contributed by atoms with van der Waals surface area (Å²) in [7, 11) is -4.17. The maximum absolute atomic E-state index is 13.1. The number of aliphatic carboxylic acids is 1. The topological polar surface area (TPSA) is 130 Å². The number of alkyl halides is 3. The summed E-state index contributed by atoms with van der Waals surface area (Å²) in [5, 5.41) is 22.4. The normalized spacial score (nSPS) is 24.8. The average molecular weight is 519 g/mol. The fraction of sp³-hybridized carbons (Fsp3) is 0.429. The van der Waals surface area contributed by atoms with E-state index in [1.807, 2.05) is 6.07 Å². The summed E-state index contributed by atoms with van der Waals surface area (Å²) >= 11 is 0.786. The Morgan fingerprint density at radius 2 is 2.06 bits per heavy atom. The number of hydrogen-bond donors (Lipinski definition) is 3. The number of carboxylic acids is 1. The van der Waals surface area contributed by atoms with Crippen molar-refractivity contribution in [1.29, 1.82) is 0 Å². The lowest BCUT2D eigenvalue weighted by atomic mass is 9.97. The first-order chi connectivity index (χ1) is 16.0. The Kier molecular flexibility index (Phi) is 6.57. The minimum atomic E-state index is -4.72. The van der Waals surface area contributed by atoms with Crippen molar-refractivity contribution in [3.63, 3.8) is 0 Å². The van der Waals surface area contributed by atoms with Crippen molar-refractivity contribution in [3.8, 4) is 0 Å². The zero-order chi connectivity index (χ0) is 24.7. The van der Waals surface area contributed by atoms with Gasteiger partial charge >= 0.3 is 12.1 Å². The van der Waals surface area contributed by atoms with E-state index in [0.717, 1.165) is 17.3 Å². The predicted molar refractivity (Wildman–Crippen MR) is 117 cm³/mol. The predicted octanol–water partition coefficient (Wildman–Crippen LogP) is 3.35. The molecule has 184 valence electrons. The molecule has 1 saturated carbocycles. The van der Waals surface area contributed by atoms with Crippen LogP contribution in [0.2, 0.25) is 0 Å². The van der Waals surface area contributed by atoms with Gasteiger partial charge in [-0.05, 0) is 36.8 Å². The van der Waals surface area contributed by atoms with Crippen molar-refractivity contribution in [3.05, 3.63) is 59.0 Å². The molecular formula is C21H21F3N2O6S2. The van der Waals surface area contributed by atoms with Crippen LogP contribution in [-0.4, -0.2) is 46.5 Å². The summed E-state index contributed by atoms with van der Waals surface area (Å²) in [6, 6.07) is 7.80. The number of aliphatic hydroxyl groups is 1. The molecule has 2 heterocycles. The van der Waals surface area contributed by atoms with Crippen molar-refractivity contribution in [2.45, 2.75) is 47.9 Å². The van der Waals surface area contributed by atoms with E-state index in [9.17, 15) is 31.5 Å². The first-order valence-corrected chi connectivity index (χ1v) is 12.8. The van der Waals surface area contributed by atoms with Crippen molar-refractivity contribution in [2.24, 2.45) is 0 Å². The molecule has 2 aromatic rings. The molecule has 0 radical (unpaired) electrons. The third-order valence-corrected chi connectivity index (χ3v) is 9.51. The number of aromatic nitrogens is 1. The Labute approximate surface area is 197 Å². The number of carbonyl (C=O) groups is 1. The number of nitrogens with one attached hydrogen (secondary N) is 1. The molecule has 34 heavy (non-hydrogen) atoms. The number of aliphatic hydroxyl groups excluding tert-OH is 1. The largest absolute Gasteiger partial charge is 0.480 e. The summed E-state index contributed by atoms with van der Waals surface area (Å²) < 4.78 is 70.0. The quantitative estimate of drug-likeness (QED) is 0.461. The lowest BCUT2D eigenvalue weighted by Gasteiger charge is -2.19. The van der Waals surface area contributed by atoms with Crippen molar-refractivity contribution in [1.82, 2.24) is 9.88 Å². The molecule has 0 spiro atoms. The highest BCUT2D eigenvalue weighted by atomic mass is 32.3. The zero-order valence-electron chi connectivity index (χ0n) is 17.6. The molecule has 1 aromatic heterocycles. The van der Waals surface area contributed by atoms with Crippen LogP contribution in [0.3, 0.4) is 0 Å². The minimum absolute atomic E-state index is 0.0279. The smallest absolute Gasteiger partial charge is 0.452 e. The highest BCUT2D eigenvalue weighted by Gasteiger charge is 2.64. The molecule has 2 aliphatic rings. The van der Waals surface area contributed by atoms with Gasteiger partial charge in [0.15, 0.2) is 0 Å². The van der Waals surface area contributed by atoms with Crippen LogP contribution in [0, 0.1) is 0 Å². The van der Waals surface area contributed by atoms with Gasteiger partial charge in [0.25, 0.3) is 0 Å². The van der Waals surface area contributed by atoms with Gasteiger partial charge < -0.3 is 14.7 Å². The lowest BCUT2D eigenvalue weighted by Crippen LogP contribution is -2.47. The van der Waals surface area contributed by atoms with Gasteiger partial charge in [0.05, 0.1) is 0 Å². The SMILES string of the molecule is O=C(O)C1(NS(=O)(=O)C2CC=C(c3cc(C(F)(F)F)on3)S2)CC1c1ccccc1CCCO. The van der Waals surface area contributed by atoms with Crippen molar-refractivity contribution in [2.75, 3.05) is 6.61 Å². The molecule has 1 aliphatic carbocycles. The molecule has 8 nitrogen and oxygen atoms in total. The van der Waals surface area contributed by atoms with E-state index in [0.29, 0.717) is 24.5 Å². The summed E-state index contributed by atoms with van der Waals surface area (Å²) in [4.78, 5) is 12.4. The Morgan fingerprint density at radius 3 is 2.71 bits per heavy atom. The van der Waals surface area contributed by atoms with Crippen LogP contribution < -0.4 is 4.72 Å². The second kappa shape index (κ2) is 9.02. The minimum Gasteiger partial charge on any atom is -0.480 e. The summed E-state index contributed by atoms with van der Waals surface area (Å²) in [6.45, 7) is -0.0279. The van der Waals surface area contributed by atoms with E-state index >= 15 is 0 Å². The Hall–Kier alpha value is -2.35. The van der Waals surface area contributed by atoms with E-state index in [4.69, 9.17) is 5.11 Å². The van der Waals surface area contributed by atoms with E-state index < -0.39 is 44.0 Å². The van der Waals surface area contributed by atoms with Gasteiger partial charge in [0, 0.05) is 23.5 Å². The van der Waals surface area contributed by atoms with Crippen molar-refractivity contribution < 1.29 is 41.1 Å². The van der Waals surface area contributed by atoms with Gasteiger partial charge in [0.2, 0.25) is 15.8 Å². The molecule has 3 unspecified atom stereocenters. The molecular weight excluding hydrogens is 497 g/mol. The molecule has 1 aromatic carbocycles. The number of halogens is 3. The zero-order valence-corrected chi connectivity index (χ0v) is 19.2. The molecule has 1 fully saturated rings. The second-order valence-electron chi connectivity index (χ2n) is 8.13. The van der Waals surface area contributed by atoms with Crippen LogP contribution >= 0.6 is 11.8 Å². The number of rotatable bonds is 9. The summed E-state index contributed by atoms with van der Waals surface area (Å²) in [6.07, 6.45) is -2.24. The third-order valence-electron chi connectivity index (χ3n) is 5.84. The fourth-order valence-corrected chi connectivity index (χ4v) is 7.19. The van der Waals surface area contributed by atoms with E-state index in [1.54, 1.807) is 18.2 Å². The molecule has 0 bridgehead atoms. The second-order valence-corrected chi connectivity index (χ2v) is 11.5. The molecule has 13 heteroatoms. The maximum atomic E-state index is 13.1. The van der Waals surface area contributed by atoms with Gasteiger partial charge in [0.1, 0.15) is 15.8 Å². The molecule has 1 aliphatic heterocycles. The molecule has 4 rings (SSSR count). The summed E-state index contributed by atoms with van der Waals surface area (Å²) in [5.74, 6) is -3.18. The van der Waals surface area contributed by atoms with Crippen LogP contribution in [-0.2, 0) is 27.4 Å². The number of hydrogen-bond acceptors (Lipinski definition) is 7. The standard InChI is InChI=1S/C21H21F3N2O6S2/c22-21(23,24)17-10-15(25-32-17)16-7-8-18(33-16)34(30,31)26-20(19(28)29)11-14(20)13-6-2-1-4-12(13)5-3-9-27/h1-2,4,6-7,10,14,18,26-27H,3,5,8-9,11H2,(H,28,29). The highest BCUT2D eigenvalue weighted by Crippen LogP contribution is 2.54. The lowest BCUT2D eigenvalue weighted by molar-refractivity contribution is -0.155. The first kappa shape index (κ1) is 24.8. The number of nitrogens with zero attached hydrogens (tertiary/aromatic N) is 1. The number of allylic oxidation sites excluding steroid dienone is 1.